The van der Waals surface area contributed by atoms with Crippen molar-refractivity contribution in [2.24, 2.45) is 0 Å². The molecule has 0 spiro atoms. The summed E-state index contributed by atoms with van der Waals surface area (Å²) in [5.74, 6) is 0.265. The van der Waals surface area contributed by atoms with Gasteiger partial charge in [-0.25, -0.2) is 0 Å². The van der Waals surface area contributed by atoms with E-state index in [1.54, 1.807) is 30.3 Å². The Bertz CT molecular complexity index is 2920. The van der Waals surface area contributed by atoms with Crippen molar-refractivity contribution in [1.29, 1.82) is 5.26 Å². The van der Waals surface area contributed by atoms with E-state index < -0.39 is 29.7 Å². The van der Waals surface area contributed by atoms with E-state index in [2.05, 4.69) is 39.9 Å². The van der Waals surface area contributed by atoms with E-state index in [1.807, 2.05) is 54.6 Å². The number of carbonyl (C=O) groups excluding carboxylic acids is 5. The Labute approximate surface area is 417 Å². The summed E-state index contributed by atoms with van der Waals surface area (Å²) in [7, 11) is 0. The molecule has 3 N–H and O–H groups in total. The van der Waals surface area contributed by atoms with E-state index in [1.165, 1.54) is 0 Å². The largest absolute Gasteiger partial charge is 0.488 e. The SMILES string of the molecule is Cc1c(COc2cc(OCc3cccc(C#N)c3)c(CN3CCCCC3C(=O)NCCCCCNc3cccc4c3C(=O)N(C3CCC(=O)NC3=O)C4=O)cc2Cl)cccc1-c1ccc2c(c1)OCCO2. The lowest BCUT2D eigenvalue weighted by molar-refractivity contribution is -0.136. The van der Waals surface area contributed by atoms with Crippen molar-refractivity contribution in [2.45, 2.75) is 90.1 Å². The lowest BCUT2D eigenvalue weighted by Crippen LogP contribution is -2.54. The molecule has 4 aliphatic rings. The number of unbranched alkanes of at least 4 members (excludes halogenated alkanes) is 2. The average molecular weight is 980 g/mol. The number of hydrogen-bond donors (Lipinski definition) is 3. The zero-order valence-electron chi connectivity index (χ0n) is 39.5. The van der Waals surface area contributed by atoms with Gasteiger partial charge in [-0.1, -0.05) is 60.5 Å². The highest BCUT2D eigenvalue weighted by Gasteiger charge is 2.45. The molecule has 0 saturated carbocycles. The van der Waals surface area contributed by atoms with E-state index >= 15 is 0 Å². The minimum atomic E-state index is -1.03. The van der Waals surface area contributed by atoms with Crippen LogP contribution < -0.4 is 34.9 Å². The van der Waals surface area contributed by atoms with Gasteiger partial charge < -0.3 is 29.6 Å². The quantitative estimate of drug-likeness (QED) is 0.0564. The number of nitriles is 1. The maximum atomic E-state index is 13.8. The normalized spacial score (nSPS) is 17.6. The van der Waals surface area contributed by atoms with Crippen molar-refractivity contribution in [3.05, 3.63) is 135 Å². The lowest BCUT2D eigenvalue weighted by atomic mass is 9.96. The molecule has 0 aliphatic carbocycles. The van der Waals surface area contributed by atoms with Crippen molar-refractivity contribution in [3.63, 3.8) is 0 Å². The number of halogens is 1. The lowest BCUT2D eigenvalue weighted by Gasteiger charge is -2.35. The first-order valence-corrected chi connectivity index (χ1v) is 24.6. The zero-order valence-corrected chi connectivity index (χ0v) is 40.3. The third-order valence-electron chi connectivity index (χ3n) is 13.5. The maximum Gasteiger partial charge on any atom is 0.264 e. The number of likely N-dealkylation sites (tertiary alicyclic amines) is 1. The number of anilines is 1. The third kappa shape index (κ3) is 11.0. The highest BCUT2D eigenvalue weighted by Crippen LogP contribution is 2.39. The van der Waals surface area contributed by atoms with Gasteiger partial charge in [0, 0.05) is 43.4 Å². The molecule has 2 atom stereocenters. The number of nitrogens with one attached hydrogen (secondary N) is 3. The maximum absolute atomic E-state index is 13.8. The molecule has 4 heterocycles. The molecule has 9 rings (SSSR count). The molecule has 4 aliphatic heterocycles. The van der Waals surface area contributed by atoms with E-state index in [0.29, 0.717) is 73.6 Å². The topological polar surface area (TPSA) is 189 Å². The van der Waals surface area contributed by atoms with Gasteiger partial charge in [0.15, 0.2) is 11.5 Å². The summed E-state index contributed by atoms with van der Waals surface area (Å²) in [6.07, 6.45) is 4.97. The molecular weight excluding hydrogens is 924 g/mol. The van der Waals surface area contributed by atoms with E-state index in [4.69, 9.17) is 30.5 Å². The summed E-state index contributed by atoms with van der Waals surface area (Å²) >= 11 is 7.01. The van der Waals surface area contributed by atoms with Crippen LogP contribution in [0.5, 0.6) is 23.0 Å². The molecule has 2 unspecified atom stereocenters. The van der Waals surface area contributed by atoms with Gasteiger partial charge in [0.25, 0.3) is 11.8 Å². The van der Waals surface area contributed by atoms with Gasteiger partial charge in [0.05, 0.1) is 33.8 Å². The van der Waals surface area contributed by atoms with Crippen LogP contribution in [-0.2, 0) is 34.1 Å². The Morgan fingerprint density at radius 3 is 2.45 bits per heavy atom. The number of nitrogens with zero attached hydrogens (tertiary/aromatic N) is 3. The van der Waals surface area contributed by atoms with Gasteiger partial charge in [0.1, 0.15) is 44.0 Å². The number of carbonyl (C=O) groups is 5. The molecule has 5 amide bonds. The highest BCUT2D eigenvalue weighted by molar-refractivity contribution is 6.32. The van der Waals surface area contributed by atoms with Gasteiger partial charge in [-0.05, 0) is 122 Å². The number of amides is 5. The second-order valence-electron chi connectivity index (χ2n) is 18.2. The van der Waals surface area contributed by atoms with Crippen molar-refractivity contribution in [1.82, 2.24) is 20.4 Å². The van der Waals surface area contributed by atoms with Crippen molar-refractivity contribution >= 4 is 46.8 Å². The second-order valence-corrected chi connectivity index (χ2v) is 18.6. The van der Waals surface area contributed by atoms with E-state index in [0.717, 1.165) is 81.9 Å². The first kappa shape index (κ1) is 48.6. The van der Waals surface area contributed by atoms with E-state index in [9.17, 15) is 29.2 Å². The van der Waals surface area contributed by atoms with Crippen molar-refractivity contribution < 1.29 is 42.9 Å². The smallest absolute Gasteiger partial charge is 0.264 e. The van der Waals surface area contributed by atoms with Gasteiger partial charge in [-0.2, -0.15) is 5.26 Å². The molecule has 15 nitrogen and oxygen atoms in total. The van der Waals surface area contributed by atoms with Crippen LogP contribution in [0.4, 0.5) is 5.69 Å². The number of hydrogen-bond acceptors (Lipinski definition) is 12. The fourth-order valence-electron chi connectivity index (χ4n) is 9.69. The molecule has 5 aromatic carbocycles. The van der Waals surface area contributed by atoms with Gasteiger partial charge in [-0.15, -0.1) is 0 Å². The minimum Gasteiger partial charge on any atom is -0.488 e. The van der Waals surface area contributed by atoms with Crippen LogP contribution in [-0.4, -0.2) is 84.3 Å². The minimum absolute atomic E-state index is 0.0397. The fourth-order valence-corrected chi connectivity index (χ4v) is 9.93. The first-order chi connectivity index (χ1) is 34.6. The van der Waals surface area contributed by atoms with Gasteiger partial charge in [0.2, 0.25) is 17.7 Å². The molecule has 2 saturated heterocycles. The number of piperidine rings is 2. The molecule has 2 fully saturated rings. The second kappa shape index (κ2) is 22.1. The zero-order chi connectivity index (χ0) is 49.4. The molecule has 0 aromatic heterocycles. The molecule has 0 radical (unpaired) electrons. The number of rotatable bonds is 18. The molecular formula is C55H55ClN6O9. The monoisotopic (exact) mass is 978 g/mol. The van der Waals surface area contributed by atoms with Crippen molar-refractivity contribution in [3.8, 4) is 40.2 Å². The Kier molecular flexibility index (Phi) is 15.1. The summed E-state index contributed by atoms with van der Waals surface area (Å²) in [6.45, 7) is 5.70. The first-order valence-electron chi connectivity index (χ1n) is 24.2. The fraction of sp³-hybridized carbons (Fsp3) is 0.345. The molecule has 71 heavy (non-hydrogen) atoms. The Morgan fingerprint density at radius 1 is 0.817 bits per heavy atom. The standard InChI is InChI=1S/C55H55ClN6O9/c1-34-38(12-8-13-40(34)37-17-19-46-49(28-37)69-25-24-68-46)33-71-48-29-47(70-32-36-11-7-10-35(26-36)30-57)39(27-42(48)56)31-61-23-6-3-16-44(61)52(64)59-22-5-2-4-21-58-43-15-9-14-41-51(43)55(67)62(54(41)66)45-18-20-50(63)60-53(45)65/h7-15,17,19,26-29,44-45,58H,2-6,16,18,20-25,31-33H2,1H3,(H,59,64)(H,60,63,65). The van der Waals surface area contributed by atoms with E-state index in [-0.39, 0.29) is 49.1 Å². The van der Waals surface area contributed by atoms with Crippen LogP contribution in [0.2, 0.25) is 5.02 Å². The number of ether oxygens (including phenoxy) is 4. The summed E-state index contributed by atoms with van der Waals surface area (Å²) in [6, 6.07) is 28.9. The highest BCUT2D eigenvalue weighted by atomic mass is 35.5. The van der Waals surface area contributed by atoms with Gasteiger partial charge in [-0.3, -0.25) is 39.1 Å². The van der Waals surface area contributed by atoms with Crippen LogP contribution in [0.25, 0.3) is 11.1 Å². The Morgan fingerprint density at radius 2 is 1.61 bits per heavy atom. The van der Waals surface area contributed by atoms with Crippen LogP contribution in [0.3, 0.4) is 0 Å². The Balaban J connectivity index is 0.814. The van der Waals surface area contributed by atoms with Crippen molar-refractivity contribution in [2.75, 3.05) is 38.2 Å². The van der Waals surface area contributed by atoms with Crippen LogP contribution in [0, 0.1) is 18.3 Å². The summed E-state index contributed by atoms with van der Waals surface area (Å²) in [4.78, 5) is 67.9. The Hall–Kier alpha value is -7.41. The van der Waals surface area contributed by atoms with Crippen LogP contribution >= 0.6 is 11.6 Å². The van der Waals surface area contributed by atoms with Crippen LogP contribution in [0.15, 0.2) is 91.0 Å². The summed E-state index contributed by atoms with van der Waals surface area (Å²) in [5, 5.41) is 18.6. The number of benzene rings is 5. The number of imide groups is 2. The number of fused-ring (bicyclic) bond motifs is 2. The van der Waals surface area contributed by atoms with Crippen LogP contribution in [0.1, 0.15) is 99.9 Å². The molecule has 16 heteroatoms. The predicted molar refractivity (Wildman–Crippen MR) is 265 cm³/mol. The summed E-state index contributed by atoms with van der Waals surface area (Å²) < 4.78 is 24.5. The average Bonchev–Trinajstić information content (AvgIpc) is 3.64. The molecule has 0 bridgehead atoms. The predicted octanol–water partition coefficient (Wildman–Crippen LogP) is 8.27. The summed E-state index contributed by atoms with van der Waals surface area (Å²) in [5.41, 5.74) is 7.24. The molecule has 366 valence electrons. The molecule has 5 aromatic rings. The van der Waals surface area contributed by atoms with Gasteiger partial charge >= 0.3 is 0 Å². The third-order valence-corrected chi connectivity index (χ3v) is 13.8.